The molecule has 1 aliphatic carbocycles. The van der Waals surface area contributed by atoms with Crippen LogP contribution in [0.15, 0.2) is 0 Å². The van der Waals surface area contributed by atoms with Crippen LogP contribution in [-0.2, 0) is 4.74 Å². The summed E-state index contributed by atoms with van der Waals surface area (Å²) >= 11 is 0. The molecule has 124 valence electrons. The summed E-state index contributed by atoms with van der Waals surface area (Å²) in [6.45, 7) is 10.2. The van der Waals surface area contributed by atoms with Crippen molar-refractivity contribution in [1.29, 1.82) is 0 Å². The number of rotatable bonds is 6. The highest BCUT2D eigenvalue weighted by atomic mass is 16.6. The van der Waals surface area contributed by atoms with Gasteiger partial charge in [-0.1, -0.05) is 58.8 Å². The lowest BCUT2D eigenvalue weighted by atomic mass is 9.80. The van der Waals surface area contributed by atoms with E-state index in [0.29, 0.717) is 5.92 Å². The lowest BCUT2D eigenvalue weighted by molar-refractivity contribution is 0.0469. The van der Waals surface area contributed by atoms with Crippen LogP contribution in [0, 0.1) is 11.8 Å². The van der Waals surface area contributed by atoms with Gasteiger partial charge < -0.3 is 10.1 Å². The number of carbonyl (C=O) groups is 1. The maximum Gasteiger partial charge on any atom is 0.407 e. The van der Waals surface area contributed by atoms with E-state index in [4.69, 9.17) is 4.74 Å². The Kier molecular flexibility index (Phi) is 7.55. The lowest BCUT2D eigenvalue weighted by Crippen LogP contribution is -2.44. The fraction of sp³-hybridized carbons (Fsp3) is 0.944. The molecule has 1 saturated carbocycles. The highest BCUT2D eigenvalue weighted by Gasteiger charge is 2.27. The molecule has 3 nitrogen and oxygen atoms in total. The van der Waals surface area contributed by atoms with Crippen molar-refractivity contribution in [3.8, 4) is 0 Å². The number of hydrogen-bond donors (Lipinski definition) is 1. The number of amides is 1. The second-order valence-electron chi connectivity index (χ2n) is 7.57. The van der Waals surface area contributed by atoms with Gasteiger partial charge in [-0.05, 0) is 39.0 Å². The summed E-state index contributed by atoms with van der Waals surface area (Å²) in [4.78, 5) is 12.1. The molecule has 0 aromatic heterocycles. The van der Waals surface area contributed by atoms with Crippen LogP contribution in [0.1, 0.15) is 86.0 Å². The highest BCUT2D eigenvalue weighted by Crippen LogP contribution is 2.30. The molecule has 1 aliphatic rings. The van der Waals surface area contributed by atoms with Crippen LogP contribution >= 0.6 is 0 Å². The fourth-order valence-corrected chi connectivity index (χ4v) is 3.47. The van der Waals surface area contributed by atoms with E-state index in [0.717, 1.165) is 25.2 Å². The maximum atomic E-state index is 12.1. The zero-order valence-electron chi connectivity index (χ0n) is 14.7. The van der Waals surface area contributed by atoms with Crippen LogP contribution in [0.5, 0.6) is 0 Å². The quantitative estimate of drug-likeness (QED) is 0.723. The monoisotopic (exact) mass is 297 g/mol. The van der Waals surface area contributed by atoms with Gasteiger partial charge in [0.2, 0.25) is 0 Å². The predicted molar refractivity (Wildman–Crippen MR) is 88.4 cm³/mol. The van der Waals surface area contributed by atoms with Crippen molar-refractivity contribution < 1.29 is 9.53 Å². The van der Waals surface area contributed by atoms with Crippen molar-refractivity contribution in [3.05, 3.63) is 0 Å². The Morgan fingerprint density at radius 3 is 2.19 bits per heavy atom. The summed E-state index contributed by atoms with van der Waals surface area (Å²) in [7, 11) is 0. The summed E-state index contributed by atoms with van der Waals surface area (Å²) in [5.74, 6) is 1.33. The normalized spacial score (nSPS) is 18.6. The number of alkyl carbamates (subject to hydrolysis) is 1. The second-order valence-corrected chi connectivity index (χ2v) is 7.57. The topological polar surface area (TPSA) is 38.3 Å². The Balaban J connectivity index is 2.60. The van der Waals surface area contributed by atoms with Crippen molar-refractivity contribution in [1.82, 2.24) is 5.32 Å². The molecule has 0 bridgehead atoms. The van der Waals surface area contributed by atoms with Crippen molar-refractivity contribution in [3.63, 3.8) is 0 Å². The van der Waals surface area contributed by atoms with Crippen LogP contribution in [0.2, 0.25) is 0 Å². The average Bonchev–Trinajstić information content (AvgIpc) is 2.39. The van der Waals surface area contributed by atoms with Gasteiger partial charge in [0.15, 0.2) is 0 Å². The summed E-state index contributed by atoms with van der Waals surface area (Å²) < 4.78 is 5.45. The molecule has 1 fully saturated rings. The van der Waals surface area contributed by atoms with Gasteiger partial charge in [-0.2, -0.15) is 0 Å². The van der Waals surface area contributed by atoms with Gasteiger partial charge in [0, 0.05) is 6.04 Å². The van der Waals surface area contributed by atoms with Crippen LogP contribution in [-0.4, -0.2) is 17.7 Å². The Bertz CT molecular complexity index is 299. The van der Waals surface area contributed by atoms with Gasteiger partial charge in [-0.3, -0.25) is 0 Å². The van der Waals surface area contributed by atoms with Crippen molar-refractivity contribution >= 4 is 6.09 Å². The van der Waals surface area contributed by atoms with Crippen LogP contribution in [0.4, 0.5) is 4.79 Å². The van der Waals surface area contributed by atoms with Crippen molar-refractivity contribution in [2.24, 2.45) is 11.8 Å². The molecule has 0 aromatic rings. The Hall–Kier alpha value is -0.730. The first-order chi connectivity index (χ1) is 9.85. The van der Waals surface area contributed by atoms with E-state index < -0.39 is 5.60 Å². The summed E-state index contributed by atoms with van der Waals surface area (Å²) in [5.41, 5.74) is -0.423. The molecule has 1 rings (SSSR count). The molecule has 0 aliphatic heterocycles. The zero-order chi connectivity index (χ0) is 15.9. The minimum absolute atomic E-state index is 0.254. The van der Waals surface area contributed by atoms with E-state index >= 15 is 0 Å². The number of nitrogens with one attached hydrogen (secondary N) is 1. The van der Waals surface area contributed by atoms with E-state index in [1.54, 1.807) is 0 Å². The average molecular weight is 297 g/mol. The molecule has 1 atom stereocenters. The first-order valence-electron chi connectivity index (χ1n) is 8.85. The summed E-state index contributed by atoms with van der Waals surface area (Å²) in [5, 5.41) is 3.16. The van der Waals surface area contributed by atoms with Crippen molar-refractivity contribution in [2.75, 3.05) is 0 Å². The third kappa shape index (κ3) is 7.19. The Labute approximate surface area is 131 Å². The van der Waals surface area contributed by atoms with E-state index in [-0.39, 0.29) is 12.1 Å². The van der Waals surface area contributed by atoms with Crippen LogP contribution in [0.25, 0.3) is 0 Å². The van der Waals surface area contributed by atoms with E-state index in [9.17, 15) is 4.79 Å². The molecular weight excluding hydrogens is 262 g/mol. The van der Waals surface area contributed by atoms with E-state index in [1.807, 2.05) is 20.8 Å². The molecule has 0 heterocycles. The second kappa shape index (κ2) is 8.65. The number of carbonyl (C=O) groups excluding carboxylic acids is 1. The lowest BCUT2D eigenvalue weighted by Gasteiger charge is -2.32. The molecule has 21 heavy (non-hydrogen) atoms. The Morgan fingerprint density at radius 2 is 1.71 bits per heavy atom. The van der Waals surface area contributed by atoms with Gasteiger partial charge in [-0.15, -0.1) is 0 Å². The van der Waals surface area contributed by atoms with E-state index in [1.165, 1.54) is 32.1 Å². The molecule has 0 aromatic carbocycles. The van der Waals surface area contributed by atoms with Crippen LogP contribution in [0.3, 0.4) is 0 Å². The molecular formula is C18H35NO2. The third-order valence-corrected chi connectivity index (χ3v) is 4.63. The van der Waals surface area contributed by atoms with E-state index in [2.05, 4.69) is 19.2 Å². The van der Waals surface area contributed by atoms with Gasteiger partial charge in [0.05, 0.1) is 0 Å². The first-order valence-corrected chi connectivity index (χ1v) is 8.85. The molecule has 3 heteroatoms. The minimum atomic E-state index is -0.423. The van der Waals surface area contributed by atoms with Gasteiger partial charge in [0.1, 0.15) is 5.60 Å². The van der Waals surface area contributed by atoms with Gasteiger partial charge in [-0.25, -0.2) is 4.79 Å². The van der Waals surface area contributed by atoms with Crippen molar-refractivity contribution in [2.45, 2.75) is 97.6 Å². The van der Waals surface area contributed by atoms with Gasteiger partial charge in [0.25, 0.3) is 0 Å². The largest absolute Gasteiger partial charge is 0.444 e. The first kappa shape index (κ1) is 18.3. The molecule has 1 amide bonds. The van der Waals surface area contributed by atoms with Gasteiger partial charge >= 0.3 is 6.09 Å². The molecule has 0 unspecified atom stereocenters. The third-order valence-electron chi connectivity index (χ3n) is 4.63. The smallest absolute Gasteiger partial charge is 0.407 e. The predicted octanol–water partition coefficient (Wildman–Crippen LogP) is 5.29. The summed E-state index contributed by atoms with van der Waals surface area (Å²) in [6, 6.07) is 0.262. The number of hydrogen-bond acceptors (Lipinski definition) is 2. The minimum Gasteiger partial charge on any atom is -0.444 e. The fourth-order valence-electron chi connectivity index (χ4n) is 3.47. The van der Waals surface area contributed by atoms with Crippen LogP contribution < -0.4 is 5.32 Å². The molecule has 0 radical (unpaired) electrons. The molecule has 1 N–H and O–H groups in total. The Morgan fingerprint density at radius 1 is 1.14 bits per heavy atom. The highest BCUT2D eigenvalue weighted by molar-refractivity contribution is 5.68. The zero-order valence-corrected chi connectivity index (χ0v) is 14.7. The maximum absolute atomic E-state index is 12.1. The molecule has 0 saturated heterocycles. The SMILES string of the molecule is CCC(CC)[C@H](CC1CCCCC1)NC(=O)OC(C)(C)C. The standard InChI is InChI=1S/C18H35NO2/c1-6-15(7-2)16(13-14-11-9-8-10-12-14)19-17(20)21-18(3,4)5/h14-16H,6-13H2,1-5H3,(H,19,20)/t16-/m0/s1. The summed E-state index contributed by atoms with van der Waals surface area (Å²) in [6.07, 6.45) is 9.83. The number of ether oxygens (including phenoxy) is 1. The molecule has 0 spiro atoms.